The fourth-order valence-corrected chi connectivity index (χ4v) is 6.02. The molecule has 150 valence electrons. The number of carbonyl (C=O) groups excluding carboxylic acids is 1. The number of carbonyl (C=O) groups is 1. The Balaban J connectivity index is 1.54. The summed E-state index contributed by atoms with van der Waals surface area (Å²) in [4.78, 5) is 17.3. The number of nitrogens with zero attached hydrogens (tertiary/aromatic N) is 2. The number of likely N-dealkylation sites (tertiary alicyclic amines) is 1. The lowest BCUT2D eigenvalue weighted by molar-refractivity contribution is 0.0787. The van der Waals surface area contributed by atoms with E-state index in [1.807, 2.05) is 24.3 Å². The van der Waals surface area contributed by atoms with Crippen LogP contribution in [0.3, 0.4) is 0 Å². The molecule has 2 fully saturated rings. The summed E-state index contributed by atoms with van der Waals surface area (Å²) in [5.74, 6) is -0.131. The van der Waals surface area contributed by atoms with E-state index in [1.54, 1.807) is 9.21 Å². The first-order chi connectivity index (χ1) is 13.5. The van der Waals surface area contributed by atoms with Crippen LogP contribution in [0, 0.1) is 0 Å². The maximum absolute atomic E-state index is 13.2. The molecule has 8 heteroatoms. The second kappa shape index (κ2) is 7.89. The summed E-state index contributed by atoms with van der Waals surface area (Å²) < 4.78 is 28.0. The Labute approximate surface area is 170 Å². The van der Waals surface area contributed by atoms with Crippen molar-refractivity contribution in [2.75, 3.05) is 19.6 Å². The Morgan fingerprint density at radius 3 is 2.64 bits per heavy atom. The van der Waals surface area contributed by atoms with Gasteiger partial charge in [-0.3, -0.25) is 4.79 Å². The summed E-state index contributed by atoms with van der Waals surface area (Å²) in [5, 5.41) is 0.659. The summed E-state index contributed by atoms with van der Waals surface area (Å²) >= 11 is 6.27. The summed E-state index contributed by atoms with van der Waals surface area (Å²) in [6.45, 7) is 1.94. The highest BCUT2D eigenvalue weighted by atomic mass is 35.5. The molecule has 1 N–H and O–H groups in total. The van der Waals surface area contributed by atoms with Crippen molar-refractivity contribution in [1.29, 1.82) is 0 Å². The SMILES string of the molecule is O=C(c1cc(S(=O)(=O)N2CCCC2Cc2ccccc2Cl)c[nH]1)N1CCCC1. The third kappa shape index (κ3) is 3.71. The van der Waals surface area contributed by atoms with E-state index in [2.05, 4.69) is 4.98 Å². The fraction of sp³-hybridized carbons (Fsp3) is 0.450. The topological polar surface area (TPSA) is 73.5 Å². The molecule has 1 aromatic carbocycles. The average molecular weight is 422 g/mol. The molecule has 0 aliphatic carbocycles. The number of H-pyrrole nitrogens is 1. The van der Waals surface area contributed by atoms with Crippen LogP contribution >= 0.6 is 11.6 Å². The Morgan fingerprint density at radius 1 is 1.14 bits per heavy atom. The van der Waals surface area contributed by atoms with Crippen molar-refractivity contribution in [2.45, 2.75) is 43.0 Å². The van der Waals surface area contributed by atoms with Crippen molar-refractivity contribution in [3.8, 4) is 0 Å². The van der Waals surface area contributed by atoms with Crippen molar-refractivity contribution >= 4 is 27.5 Å². The Bertz CT molecular complexity index is 967. The second-order valence-corrected chi connectivity index (χ2v) is 9.75. The normalized spacial score (nSPS) is 20.8. The molecule has 3 heterocycles. The highest BCUT2D eigenvalue weighted by Gasteiger charge is 2.36. The van der Waals surface area contributed by atoms with Crippen LogP contribution < -0.4 is 0 Å². The standard InChI is InChI=1S/C20H24ClN3O3S/c21-18-8-2-1-6-15(18)12-16-7-5-11-24(16)28(26,27)17-13-19(22-14-17)20(25)23-9-3-4-10-23/h1-2,6,8,13-14,16,22H,3-5,7,9-12H2. The molecule has 1 amide bonds. The van der Waals surface area contributed by atoms with Crippen LogP contribution in [-0.4, -0.2) is 54.2 Å². The number of aromatic nitrogens is 1. The van der Waals surface area contributed by atoms with Crippen LogP contribution in [0.1, 0.15) is 41.7 Å². The van der Waals surface area contributed by atoms with Gasteiger partial charge in [-0.15, -0.1) is 0 Å². The molecule has 1 unspecified atom stereocenters. The Hall–Kier alpha value is -1.83. The smallest absolute Gasteiger partial charge is 0.270 e. The molecule has 4 rings (SSSR count). The van der Waals surface area contributed by atoms with Gasteiger partial charge in [-0.25, -0.2) is 8.42 Å². The second-order valence-electron chi connectivity index (χ2n) is 7.46. The van der Waals surface area contributed by atoms with E-state index < -0.39 is 10.0 Å². The number of benzene rings is 1. The van der Waals surface area contributed by atoms with Crippen molar-refractivity contribution in [2.24, 2.45) is 0 Å². The third-order valence-corrected chi connectivity index (χ3v) is 7.92. The highest BCUT2D eigenvalue weighted by Crippen LogP contribution is 2.30. The van der Waals surface area contributed by atoms with Crippen LogP contribution in [0.5, 0.6) is 0 Å². The molecule has 0 bridgehead atoms. The fourth-order valence-electron chi connectivity index (χ4n) is 4.12. The number of amides is 1. The highest BCUT2D eigenvalue weighted by molar-refractivity contribution is 7.89. The lowest BCUT2D eigenvalue weighted by Crippen LogP contribution is -2.36. The molecule has 0 radical (unpaired) electrons. The van der Waals surface area contributed by atoms with E-state index in [1.165, 1.54) is 12.3 Å². The van der Waals surface area contributed by atoms with E-state index in [0.717, 1.165) is 44.3 Å². The third-order valence-electron chi connectivity index (χ3n) is 5.62. The molecule has 1 aromatic heterocycles. The number of nitrogens with one attached hydrogen (secondary N) is 1. The molecule has 2 aromatic rings. The van der Waals surface area contributed by atoms with E-state index in [-0.39, 0.29) is 16.8 Å². The minimum absolute atomic E-state index is 0.127. The first kappa shape index (κ1) is 19.5. The molecule has 0 spiro atoms. The predicted molar refractivity (Wildman–Crippen MR) is 108 cm³/mol. The number of hydrogen-bond acceptors (Lipinski definition) is 3. The van der Waals surface area contributed by atoms with Crippen molar-refractivity contribution < 1.29 is 13.2 Å². The number of rotatable bonds is 5. The van der Waals surface area contributed by atoms with Crippen LogP contribution in [0.25, 0.3) is 0 Å². The zero-order valence-corrected chi connectivity index (χ0v) is 17.2. The van der Waals surface area contributed by atoms with Gasteiger partial charge >= 0.3 is 0 Å². The van der Waals surface area contributed by atoms with Gasteiger partial charge in [0.05, 0.1) is 0 Å². The largest absolute Gasteiger partial charge is 0.356 e. The van der Waals surface area contributed by atoms with E-state index in [9.17, 15) is 13.2 Å². The van der Waals surface area contributed by atoms with Crippen LogP contribution in [0.2, 0.25) is 5.02 Å². The van der Waals surface area contributed by atoms with E-state index in [0.29, 0.717) is 23.7 Å². The first-order valence-corrected chi connectivity index (χ1v) is 11.5. The minimum atomic E-state index is -3.67. The lowest BCUT2D eigenvalue weighted by atomic mass is 10.0. The zero-order valence-electron chi connectivity index (χ0n) is 15.6. The predicted octanol–water partition coefficient (Wildman–Crippen LogP) is 3.30. The lowest BCUT2D eigenvalue weighted by Gasteiger charge is -2.24. The van der Waals surface area contributed by atoms with E-state index in [4.69, 9.17) is 11.6 Å². The molecule has 28 heavy (non-hydrogen) atoms. The first-order valence-electron chi connectivity index (χ1n) is 9.70. The summed E-state index contributed by atoms with van der Waals surface area (Å²) in [7, 11) is -3.67. The molecule has 0 saturated carbocycles. The number of sulfonamides is 1. The van der Waals surface area contributed by atoms with Crippen molar-refractivity contribution in [1.82, 2.24) is 14.2 Å². The van der Waals surface area contributed by atoms with Gasteiger partial charge in [0.2, 0.25) is 10.0 Å². The monoisotopic (exact) mass is 421 g/mol. The van der Waals surface area contributed by atoms with Gasteiger partial charge in [-0.1, -0.05) is 29.8 Å². The number of halogens is 1. The maximum Gasteiger partial charge on any atom is 0.270 e. The van der Waals surface area contributed by atoms with Gasteiger partial charge in [0, 0.05) is 36.9 Å². The van der Waals surface area contributed by atoms with Crippen LogP contribution in [0.15, 0.2) is 41.4 Å². The molecule has 1 atom stereocenters. The average Bonchev–Trinajstić information content (AvgIpc) is 3.44. The summed E-state index contributed by atoms with van der Waals surface area (Å²) in [6, 6.07) is 8.89. The zero-order chi connectivity index (χ0) is 19.7. The van der Waals surface area contributed by atoms with Gasteiger partial charge in [0.25, 0.3) is 5.91 Å². The van der Waals surface area contributed by atoms with Crippen molar-refractivity contribution in [3.05, 3.63) is 52.8 Å². The quantitative estimate of drug-likeness (QED) is 0.804. The van der Waals surface area contributed by atoms with Gasteiger partial charge in [-0.2, -0.15) is 4.31 Å². The molecule has 6 nitrogen and oxygen atoms in total. The van der Waals surface area contributed by atoms with E-state index >= 15 is 0 Å². The minimum Gasteiger partial charge on any atom is -0.356 e. The Morgan fingerprint density at radius 2 is 1.89 bits per heavy atom. The molecule has 2 saturated heterocycles. The van der Waals surface area contributed by atoms with Crippen molar-refractivity contribution in [3.63, 3.8) is 0 Å². The van der Waals surface area contributed by atoms with Crippen LogP contribution in [0.4, 0.5) is 0 Å². The van der Waals surface area contributed by atoms with Gasteiger partial charge in [0.1, 0.15) is 10.6 Å². The molecular formula is C20H24ClN3O3S. The number of hydrogen-bond donors (Lipinski definition) is 1. The Kier molecular flexibility index (Phi) is 5.49. The van der Waals surface area contributed by atoms with Gasteiger partial charge in [-0.05, 0) is 49.8 Å². The van der Waals surface area contributed by atoms with Crippen LogP contribution in [-0.2, 0) is 16.4 Å². The maximum atomic E-state index is 13.2. The van der Waals surface area contributed by atoms with Gasteiger partial charge < -0.3 is 9.88 Å². The molecular weight excluding hydrogens is 398 g/mol. The molecule has 2 aliphatic heterocycles. The number of aromatic amines is 1. The molecule has 2 aliphatic rings. The van der Waals surface area contributed by atoms with Gasteiger partial charge in [0.15, 0.2) is 0 Å². The summed E-state index contributed by atoms with van der Waals surface area (Å²) in [5.41, 5.74) is 1.29. The summed E-state index contributed by atoms with van der Waals surface area (Å²) in [6.07, 6.45) is 5.63.